The minimum atomic E-state index is -0.323. The Bertz CT molecular complexity index is 301. The molecule has 0 amide bonds. The molecule has 0 aromatic carbocycles. The van der Waals surface area contributed by atoms with Crippen molar-refractivity contribution in [1.29, 1.82) is 0 Å². The molecule has 14 heavy (non-hydrogen) atoms. The third-order valence-electron chi connectivity index (χ3n) is 2.33. The lowest BCUT2D eigenvalue weighted by molar-refractivity contribution is 0.364. The largest absolute Gasteiger partial charge is 0.479 e. The molecule has 2 nitrogen and oxygen atoms in total. The third kappa shape index (κ3) is 2.22. The van der Waals surface area contributed by atoms with Gasteiger partial charge in [-0.05, 0) is 24.0 Å². The number of aromatic nitrogens is 1. The van der Waals surface area contributed by atoms with Gasteiger partial charge in [-0.25, -0.2) is 9.37 Å². The Morgan fingerprint density at radius 3 is 2.86 bits per heavy atom. The Morgan fingerprint density at radius 1 is 1.57 bits per heavy atom. The number of ether oxygens (including phenoxy) is 1. The number of nitrogens with zero attached hydrogens (tertiary/aromatic N) is 1. The van der Waals surface area contributed by atoms with Gasteiger partial charge in [-0.2, -0.15) is 0 Å². The van der Waals surface area contributed by atoms with Crippen molar-refractivity contribution in [3.8, 4) is 5.88 Å². The average molecular weight is 197 g/mol. The summed E-state index contributed by atoms with van der Waals surface area (Å²) < 4.78 is 18.5. The molecule has 0 bridgehead atoms. The van der Waals surface area contributed by atoms with Crippen molar-refractivity contribution >= 4 is 0 Å². The number of methoxy groups -OCH3 is 1. The van der Waals surface area contributed by atoms with E-state index in [1.165, 1.54) is 7.11 Å². The minimum Gasteiger partial charge on any atom is -0.479 e. The highest BCUT2D eigenvalue weighted by atomic mass is 19.1. The predicted octanol–water partition coefficient (Wildman–Crippen LogP) is 3.13. The van der Waals surface area contributed by atoms with Gasteiger partial charge in [0.25, 0.3) is 0 Å². The van der Waals surface area contributed by atoms with Crippen LogP contribution < -0.4 is 4.74 Å². The molecule has 0 aliphatic rings. The average Bonchev–Trinajstić information content (AvgIpc) is 2.18. The Morgan fingerprint density at radius 2 is 2.29 bits per heavy atom. The summed E-state index contributed by atoms with van der Waals surface area (Å²) in [5.41, 5.74) is 0.693. The van der Waals surface area contributed by atoms with Crippen LogP contribution in [0, 0.1) is 5.82 Å². The zero-order valence-electron chi connectivity index (χ0n) is 8.88. The Labute approximate surface area is 84.1 Å². The molecule has 1 heterocycles. The quantitative estimate of drug-likeness (QED) is 0.739. The van der Waals surface area contributed by atoms with Crippen LogP contribution in [0.5, 0.6) is 5.88 Å². The van der Waals surface area contributed by atoms with Crippen molar-refractivity contribution in [3.63, 3.8) is 0 Å². The van der Waals surface area contributed by atoms with Gasteiger partial charge in [-0.3, -0.25) is 0 Å². The van der Waals surface area contributed by atoms with Crippen molar-refractivity contribution in [2.24, 2.45) is 0 Å². The fourth-order valence-corrected chi connectivity index (χ4v) is 1.55. The predicted molar refractivity (Wildman–Crippen MR) is 54.1 cm³/mol. The van der Waals surface area contributed by atoms with E-state index >= 15 is 0 Å². The number of hydrogen-bond donors (Lipinski definition) is 0. The van der Waals surface area contributed by atoms with E-state index in [9.17, 15) is 4.39 Å². The lowest BCUT2D eigenvalue weighted by Gasteiger charge is -2.12. The standard InChI is InChI=1S/C11H16FNO/c1-4-5-8(2)9-6-7-13-11(14-3)10(9)12/h6-8H,4-5H2,1-3H3. The second kappa shape index (κ2) is 4.94. The summed E-state index contributed by atoms with van der Waals surface area (Å²) in [6.07, 6.45) is 3.61. The molecule has 0 aliphatic heterocycles. The first-order chi connectivity index (χ1) is 6.70. The van der Waals surface area contributed by atoms with E-state index in [0.29, 0.717) is 5.56 Å². The minimum absolute atomic E-state index is 0.0884. The second-order valence-electron chi connectivity index (χ2n) is 3.41. The van der Waals surface area contributed by atoms with Gasteiger partial charge in [0, 0.05) is 6.20 Å². The molecule has 0 fully saturated rings. The molecule has 1 aromatic heterocycles. The molecule has 1 aromatic rings. The van der Waals surface area contributed by atoms with Crippen molar-refractivity contribution in [1.82, 2.24) is 4.98 Å². The van der Waals surface area contributed by atoms with Crippen molar-refractivity contribution in [3.05, 3.63) is 23.6 Å². The summed E-state index contributed by atoms with van der Waals surface area (Å²) in [5.74, 6) is -0.0155. The summed E-state index contributed by atoms with van der Waals surface area (Å²) in [5, 5.41) is 0. The molecule has 0 saturated carbocycles. The molecule has 0 N–H and O–H groups in total. The maximum Gasteiger partial charge on any atom is 0.250 e. The summed E-state index contributed by atoms with van der Waals surface area (Å²) in [6, 6.07) is 1.72. The van der Waals surface area contributed by atoms with Gasteiger partial charge >= 0.3 is 0 Å². The van der Waals surface area contributed by atoms with Gasteiger partial charge in [0.2, 0.25) is 5.88 Å². The van der Waals surface area contributed by atoms with E-state index < -0.39 is 0 Å². The van der Waals surface area contributed by atoms with Crippen LogP contribution in [0.15, 0.2) is 12.3 Å². The highest BCUT2D eigenvalue weighted by molar-refractivity contribution is 5.26. The molecule has 0 radical (unpaired) electrons. The molecule has 78 valence electrons. The van der Waals surface area contributed by atoms with Gasteiger partial charge in [0.05, 0.1) is 7.11 Å². The lowest BCUT2D eigenvalue weighted by Crippen LogP contribution is -2.01. The fraction of sp³-hybridized carbons (Fsp3) is 0.545. The lowest BCUT2D eigenvalue weighted by atomic mass is 9.97. The van der Waals surface area contributed by atoms with Gasteiger partial charge in [-0.1, -0.05) is 20.3 Å². The first-order valence-corrected chi connectivity index (χ1v) is 4.89. The van der Waals surface area contributed by atoms with Crippen LogP contribution in [0.2, 0.25) is 0 Å². The second-order valence-corrected chi connectivity index (χ2v) is 3.41. The SMILES string of the molecule is CCCC(C)c1ccnc(OC)c1F. The van der Waals surface area contributed by atoms with Gasteiger partial charge in [-0.15, -0.1) is 0 Å². The molecular formula is C11H16FNO. The van der Waals surface area contributed by atoms with Crippen molar-refractivity contribution in [2.75, 3.05) is 7.11 Å². The highest BCUT2D eigenvalue weighted by Gasteiger charge is 2.14. The Hall–Kier alpha value is -1.12. The van der Waals surface area contributed by atoms with Crippen molar-refractivity contribution in [2.45, 2.75) is 32.6 Å². The molecule has 3 heteroatoms. The van der Waals surface area contributed by atoms with E-state index in [2.05, 4.69) is 11.9 Å². The Kier molecular flexibility index (Phi) is 3.86. The maximum absolute atomic E-state index is 13.7. The van der Waals surface area contributed by atoms with Crippen molar-refractivity contribution < 1.29 is 9.13 Å². The third-order valence-corrected chi connectivity index (χ3v) is 2.33. The first kappa shape index (κ1) is 11.0. The van der Waals surface area contributed by atoms with Gasteiger partial charge in [0.1, 0.15) is 0 Å². The van der Waals surface area contributed by atoms with Gasteiger partial charge in [0.15, 0.2) is 5.82 Å². The van der Waals surface area contributed by atoms with Crippen LogP contribution >= 0.6 is 0 Å². The number of hydrogen-bond acceptors (Lipinski definition) is 2. The molecule has 1 atom stereocenters. The zero-order valence-corrected chi connectivity index (χ0v) is 8.88. The molecular weight excluding hydrogens is 181 g/mol. The molecule has 0 saturated heterocycles. The molecule has 0 spiro atoms. The summed E-state index contributed by atoms with van der Waals surface area (Å²) in [7, 11) is 1.43. The Balaban J connectivity index is 2.96. The summed E-state index contributed by atoms with van der Waals surface area (Å²) in [6.45, 7) is 4.11. The molecule has 0 aliphatic carbocycles. The van der Waals surface area contributed by atoms with Crippen LogP contribution in [0.25, 0.3) is 0 Å². The fourth-order valence-electron chi connectivity index (χ4n) is 1.55. The van der Waals surface area contributed by atoms with Crippen LogP contribution in [0.4, 0.5) is 4.39 Å². The van der Waals surface area contributed by atoms with Crippen LogP contribution in [-0.2, 0) is 0 Å². The maximum atomic E-state index is 13.7. The van der Waals surface area contributed by atoms with E-state index in [4.69, 9.17) is 4.74 Å². The van der Waals surface area contributed by atoms with Gasteiger partial charge < -0.3 is 4.74 Å². The topological polar surface area (TPSA) is 22.1 Å². The van der Waals surface area contributed by atoms with Crippen LogP contribution in [-0.4, -0.2) is 12.1 Å². The highest BCUT2D eigenvalue weighted by Crippen LogP contribution is 2.26. The summed E-state index contributed by atoms with van der Waals surface area (Å²) >= 11 is 0. The molecule has 1 rings (SSSR count). The smallest absolute Gasteiger partial charge is 0.250 e. The van der Waals surface area contributed by atoms with E-state index in [0.717, 1.165) is 12.8 Å². The van der Waals surface area contributed by atoms with Crippen LogP contribution in [0.3, 0.4) is 0 Å². The molecule has 1 unspecified atom stereocenters. The first-order valence-electron chi connectivity index (χ1n) is 4.89. The number of halogens is 1. The zero-order chi connectivity index (χ0) is 10.6. The number of pyridine rings is 1. The summed E-state index contributed by atoms with van der Waals surface area (Å²) in [4.78, 5) is 3.80. The van der Waals surface area contributed by atoms with E-state index in [-0.39, 0.29) is 17.6 Å². The normalized spacial score (nSPS) is 12.6. The number of rotatable bonds is 4. The monoisotopic (exact) mass is 197 g/mol. The van der Waals surface area contributed by atoms with E-state index in [1.807, 2.05) is 6.92 Å². The van der Waals surface area contributed by atoms with E-state index in [1.54, 1.807) is 12.3 Å². The van der Waals surface area contributed by atoms with Crippen LogP contribution in [0.1, 0.15) is 38.2 Å².